The molecule has 0 saturated heterocycles. The quantitative estimate of drug-likeness (QED) is 0.509. The first-order valence-electron chi connectivity index (χ1n) is 10.1. The van der Waals surface area contributed by atoms with E-state index in [1.165, 1.54) is 7.11 Å². The molecule has 0 unspecified atom stereocenters. The Labute approximate surface area is 192 Å². The van der Waals surface area contributed by atoms with Crippen LogP contribution < -0.4 is 29.6 Å². The van der Waals surface area contributed by atoms with Crippen LogP contribution in [0.2, 0.25) is 0 Å². The lowest BCUT2D eigenvalue weighted by Gasteiger charge is -2.13. The minimum Gasteiger partial charge on any atom is -0.497 e. The smallest absolute Gasteiger partial charge is 0.255 e. The standard InChI is InChI=1S/C25H26N2O6/c1-30-19-9-6-17(7-10-19)25(29)27-20-15-18(8-12-21(20)31-2)26-24(28)14-16-5-11-22(32-3)23(13-16)33-4/h5-13,15H,14H2,1-4H3,(H,26,28)(H,27,29). The average Bonchev–Trinajstić information content (AvgIpc) is 2.84. The third-order valence-corrected chi connectivity index (χ3v) is 4.90. The van der Waals surface area contributed by atoms with Gasteiger partial charge in [-0.05, 0) is 60.2 Å². The molecule has 0 aliphatic rings. The van der Waals surface area contributed by atoms with Gasteiger partial charge in [0.2, 0.25) is 5.91 Å². The Morgan fingerprint density at radius 2 is 1.36 bits per heavy atom. The molecule has 0 aliphatic heterocycles. The summed E-state index contributed by atoms with van der Waals surface area (Å²) in [4.78, 5) is 25.2. The Hall–Kier alpha value is -4.20. The van der Waals surface area contributed by atoms with Crippen molar-refractivity contribution >= 4 is 23.2 Å². The van der Waals surface area contributed by atoms with E-state index in [2.05, 4.69) is 10.6 Å². The molecule has 2 N–H and O–H groups in total. The van der Waals surface area contributed by atoms with Gasteiger partial charge in [-0.25, -0.2) is 0 Å². The van der Waals surface area contributed by atoms with Crippen LogP contribution in [0.4, 0.5) is 11.4 Å². The number of carbonyl (C=O) groups is 2. The molecule has 8 nitrogen and oxygen atoms in total. The van der Waals surface area contributed by atoms with Crippen LogP contribution >= 0.6 is 0 Å². The van der Waals surface area contributed by atoms with E-state index in [1.54, 1.807) is 82.0 Å². The molecule has 0 atom stereocenters. The molecule has 0 spiro atoms. The van der Waals surface area contributed by atoms with Crippen molar-refractivity contribution < 1.29 is 28.5 Å². The molecule has 8 heteroatoms. The Morgan fingerprint density at radius 3 is 2.00 bits per heavy atom. The summed E-state index contributed by atoms with van der Waals surface area (Å²) < 4.78 is 21.0. The predicted molar refractivity (Wildman–Crippen MR) is 126 cm³/mol. The van der Waals surface area contributed by atoms with Crippen molar-refractivity contribution in [3.05, 3.63) is 71.8 Å². The van der Waals surface area contributed by atoms with Crippen LogP contribution in [-0.2, 0) is 11.2 Å². The first kappa shape index (κ1) is 23.5. The van der Waals surface area contributed by atoms with Crippen molar-refractivity contribution in [1.82, 2.24) is 0 Å². The minimum absolute atomic E-state index is 0.139. The normalized spacial score (nSPS) is 10.2. The number of methoxy groups -OCH3 is 4. The lowest BCUT2D eigenvalue weighted by Crippen LogP contribution is -2.16. The van der Waals surface area contributed by atoms with Gasteiger partial charge in [-0.2, -0.15) is 0 Å². The van der Waals surface area contributed by atoms with Crippen LogP contribution in [0.1, 0.15) is 15.9 Å². The fourth-order valence-electron chi connectivity index (χ4n) is 3.20. The van der Waals surface area contributed by atoms with Gasteiger partial charge >= 0.3 is 0 Å². The minimum atomic E-state index is -0.315. The maximum atomic E-state index is 12.7. The molecular formula is C25H26N2O6. The lowest BCUT2D eigenvalue weighted by molar-refractivity contribution is -0.115. The summed E-state index contributed by atoms with van der Waals surface area (Å²) in [6.45, 7) is 0. The zero-order valence-corrected chi connectivity index (χ0v) is 18.9. The molecule has 0 aromatic heterocycles. The first-order valence-corrected chi connectivity index (χ1v) is 10.1. The van der Waals surface area contributed by atoms with E-state index in [4.69, 9.17) is 18.9 Å². The van der Waals surface area contributed by atoms with Crippen molar-refractivity contribution in [1.29, 1.82) is 0 Å². The van der Waals surface area contributed by atoms with Gasteiger partial charge in [-0.1, -0.05) is 6.07 Å². The molecule has 3 rings (SSSR count). The molecule has 0 bridgehead atoms. The number of benzene rings is 3. The van der Waals surface area contributed by atoms with Crippen molar-refractivity contribution in [2.75, 3.05) is 39.1 Å². The van der Waals surface area contributed by atoms with E-state index in [-0.39, 0.29) is 18.2 Å². The van der Waals surface area contributed by atoms with Crippen LogP contribution in [0.3, 0.4) is 0 Å². The number of carbonyl (C=O) groups excluding carboxylic acids is 2. The van der Waals surface area contributed by atoms with Crippen molar-refractivity contribution in [2.24, 2.45) is 0 Å². The number of rotatable bonds is 9. The zero-order chi connectivity index (χ0) is 23.8. The SMILES string of the molecule is COc1ccc(C(=O)Nc2cc(NC(=O)Cc3ccc(OC)c(OC)c3)ccc2OC)cc1. The maximum absolute atomic E-state index is 12.7. The van der Waals surface area contributed by atoms with Crippen molar-refractivity contribution in [2.45, 2.75) is 6.42 Å². The van der Waals surface area contributed by atoms with Gasteiger partial charge < -0.3 is 29.6 Å². The second kappa shape index (κ2) is 10.9. The Kier molecular flexibility index (Phi) is 7.75. The highest BCUT2D eigenvalue weighted by Gasteiger charge is 2.13. The van der Waals surface area contributed by atoms with E-state index in [9.17, 15) is 9.59 Å². The number of anilines is 2. The molecule has 0 fully saturated rings. The highest BCUT2D eigenvalue weighted by Crippen LogP contribution is 2.30. The molecule has 0 radical (unpaired) electrons. The summed E-state index contributed by atoms with van der Waals surface area (Å²) in [6.07, 6.45) is 0.139. The van der Waals surface area contributed by atoms with E-state index in [0.717, 1.165) is 5.56 Å². The summed E-state index contributed by atoms with van der Waals surface area (Å²) in [5.41, 5.74) is 2.18. The van der Waals surface area contributed by atoms with Gasteiger partial charge in [-0.3, -0.25) is 9.59 Å². The number of amides is 2. The Bertz CT molecular complexity index is 1130. The molecule has 0 heterocycles. The van der Waals surface area contributed by atoms with Gasteiger partial charge in [0, 0.05) is 11.3 Å². The largest absolute Gasteiger partial charge is 0.497 e. The van der Waals surface area contributed by atoms with Crippen molar-refractivity contribution in [3.63, 3.8) is 0 Å². The number of nitrogens with one attached hydrogen (secondary N) is 2. The summed E-state index contributed by atoms with van der Waals surface area (Å²) >= 11 is 0. The third kappa shape index (κ3) is 5.94. The monoisotopic (exact) mass is 450 g/mol. The lowest BCUT2D eigenvalue weighted by atomic mass is 10.1. The highest BCUT2D eigenvalue weighted by atomic mass is 16.5. The average molecular weight is 450 g/mol. The Morgan fingerprint density at radius 1 is 0.697 bits per heavy atom. The van der Waals surface area contributed by atoms with E-state index in [1.807, 2.05) is 0 Å². The van der Waals surface area contributed by atoms with Gasteiger partial charge in [0.25, 0.3) is 5.91 Å². The van der Waals surface area contributed by atoms with Gasteiger partial charge in [-0.15, -0.1) is 0 Å². The highest BCUT2D eigenvalue weighted by molar-refractivity contribution is 6.05. The summed E-state index contributed by atoms with van der Waals surface area (Å²) in [6, 6.07) is 17.1. The van der Waals surface area contributed by atoms with E-state index >= 15 is 0 Å². The number of hydrogen-bond donors (Lipinski definition) is 2. The molecule has 172 valence electrons. The third-order valence-electron chi connectivity index (χ3n) is 4.90. The van der Waals surface area contributed by atoms with E-state index in [0.29, 0.717) is 39.9 Å². The molecule has 33 heavy (non-hydrogen) atoms. The second-order valence-corrected chi connectivity index (χ2v) is 7.01. The van der Waals surface area contributed by atoms with E-state index < -0.39 is 0 Å². The summed E-state index contributed by atoms with van der Waals surface area (Å²) in [5.74, 6) is 1.73. The van der Waals surface area contributed by atoms with Crippen LogP contribution in [0, 0.1) is 0 Å². The zero-order valence-electron chi connectivity index (χ0n) is 18.9. The van der Waals surface area contributed by atoms with Crippen molar-refractivity contribution in [3.8, 4) is 23.0 Å². The van der Waals surface area contributed by atoms with Crippen LogP contribution in [-0.4, -0.2) is 40.3 Å². The fraction of sp³-hybridized carbons (Fsp3) is 0.200. The second-order valence-electron chi connectivity index (χ2n) is 7.01. The van der Waals surface area contributed by atoms with Crippen LogP contribution in [0.15, 0.2) is 60.7 Å². The van der Waals surface area contributed by atoms with Gasteiger partial charge in [0.1, 0.15) is 11.5 Å². The van der Waals surface area contributed by atoms with Crippen LogP contribution in [0.5, 0.6) is 23.0 Å². The van der Waals surface area contributed by atoms with Gasteiger partial charge in [0.15, 0.2) is 11.5 Å². The molecule has 3 aromatic carbocycles. The molecule has 0 saturated carbocycles. The molecular weight excluding hydrogens is 424 g/mol. The summed E-state index contributed by atoms with van der Waals surface area (Å²) in [5, 5.41) is 5.66. The fourth-order valence-corrected chi connectivity index (χ4v) is 3.20. The number of hydrogen-bond acceptors (Lipinski definition) is 6. The molecule has 2 amide bonds. The topological polar surface area (TPSA) is 95.1 Å². The predicted octanol–water partition coefficient (Wildman–Crippen LogP) is 4.15. The molecule has 3 aromatic rings. The van der Waals surface area contributed by atoms with Crippen LogP contribution in [0.25, 0.3) is 0 Å². The Balaban J connectivity index is 1.72. The van der Waals surface area contributed by atoms with Gasteiger partial charge in [0.05, 0.1) is 40.5 Å². The number of ether oxygens (including phenoxy) is 4. The first-order chi connectivity index (χ1) is 16.0. The molecule has 0 aliphatic carbocycles. The summed E-state index contributed by atoms with van der Waals surface area (Å²) in [7, 11) is 6.16. The maximum Gasteiger partial charge on any atom is 0.255 e.